The van der Waals surface area contributed by atoms with E-state index in [1.165, 1.54) is 11.1 Å². The highest BCUT2D eigenvalue weighted by Gasteiger charge is 2.34. The molecule has 0 heterocycles. The molecule has 1 nitrogen and oxygen atoms in total. The first kappa shape index (κ1) is 12.3. The summed E-state index contributed by atoms with van der Waals surface area (Å²) < 4.78 is 0. The molecular weight excluding hydrogens is 184 g/mol. The lowest BCUT2D eigenvalue weighted by Gasteiger charge is -2.37. The zero-order valence-corrected chi connectivity index (χ0v) is 10.5. The van der Waals surface area contributed by atoms with Crippen molar-refractivity contribution >= 4 is 0 Å². The molecule has 0 radical (unpaired) electrons. The van der Waals surface area contributed by atoms with Crippen LogP contribution in [0, 0.1) is 12.3 Å². The molecule has 1 aromatic rings. The van der Waals surface area contributed by atoms with Gasteiger partial charge in [-0.25, -0.2) is 0 Å². The monoisotopic (exact) mass is 206 g/mol. The lowest BCUT2D eigenvalue weighted by molar-refractivity contribution is -0.0344. The maximum atomic E-state index is 10.1. The number of rotatable bonds is 3. The van der Waals surface area contributed by atoms with Gasteiger partial charge in [-0.15, -0.1) is 0 Å². The molecule has 0 spiro atoms. The summed E-state index contributed by atoms with van der Waals surface area (Å²) >= 11 is 0. The first-order valence-corrected chi connectivity index (χ1v) is 5.50. The second kappa shape index (κ2) is 3.97. The molecule has 0 saturated heterocycles. The van der Waals surface area contributed by atoms with E-state index >= 15 is 0 Å². The van der Waals surface area contributed by atoms with Crippen LogP contribution in [0.2, 0.25) is 0 Å². The van der Waals surface area contributed by atoms with E-state index in [0.29, 0.717) is 0 Å². The van der Waals surface area contributed by atoms with E-state index in [4.69, 9.17) is 0 Å². The average molecular weight is 206 g/mol. The second-order valence-electron chi connectivity index (χ2n) is 5.61. The van der Waals surface area contributed by atoms with Crippen LogP contribution in [0.15, 0.2) is 24.3 Å². The van der Waals surface area contributed by atoms with E-state index in [1.807, 2.05) is 13.8 Å². The molecule has 1 aromatic carbocycles. The van der Waals surface area contributed by atoms with Crippen LogP contribution in [0.5, 0.6) is 0 Å². The van der Waals surface area contributed by atoms with Gasteiger partial charge in [0.05, 0.1) is 5.60 Å². The number of hydrogen-bond donors (Lipinski definition) is 1. The lowest BCUT2D eigenvalue weighted by atomic mass is 9.73. The van der Waals surface area contributed by atoms with Crippen molar-refractivity contribution in [1.82, 2.24) is 0 Å². The van der Waals surface area contributed by atoms with Crippen LogP contribution in [-0.4, -0.2) is 10.7 Å². The summed E-state index contributed by atoms with van der Waals surface area (Å²) in [6.07, 6.45) is 0.901. The third-order valence-corrected chi connectivity index (χ3v) is 3.38. The van der Waals surface area contributed by atoms with E-state index < -0.39 is 5.60 Å². The first-order chi connectivity index (χ1) is 6.72. The van der Waals surface area contributed by atoms with E-state index in [0.717, 1.165) is 6.42 Å². The van der Waals surface area contributed by atoms with Gasteiger partial charge >= 0.3 is 0 Å². The van der Waals surface area contributed by atoms with Crippen molar-refractivity contribution in [2.24, 2.45) is 5.41 Å². The molecular formula is C14H22O. The van der Waals surface area contributed by atoms with Crippen LogP contribution in [-0.2, 0) is 6.42 Å². The molecule has 0 atom stereocenters. The molecule has 0 amide bonds. The molecule has 0 aromatic heterocycles. The van der Waals surface area contributed by atoms with Crippen molar-refractivity contribution in [3.05, 3.63) is 35.4 Å². The Balaban J connectivity index is 2.87. The summed E-state index contributed by atoms with van der Waals surface area (Å²) in [6, 6.07) is 8.49. The number of aryl methyl sites for hydroxylation is 1. The first-order valence-electron chi connectivity index (χ1n) is 5.50. The summed E-state index contributed by atoms with van der Waals surface area (Å²) in [6.45, 7) is 10.1. The number of hydrogen-bond acceptors (Lipinski definition) is 1. The van der Waals surface area contributed by atoms with Gasteiger partial charge in [0, 0.05) is 0 Å². The van der Waals surface area contributed by atoms with Crippen molar-refractivity contribution in [3.63, 3.8) is 0 Å². The van der Waals surface area contributed by atoms with Gasteiger partial charge in [0.1, 0.15) is 0 Å². The third-order valence-electron chi connectivity index (χ3n) is 3.38. The Hall–Kier alpha value is -0.820. The summed E-state index contributed by atoms with van der Waals surface area (Å²) in [7, 11) is 0. The van der Waals surface area contributed by atoms with Crippen molar-refractivity contribution in [2.75, 3.05) is 0 Å². The molecule has 1 heteroatoms. The van der Waals surface area contributed by atoms with Gasteiger partial charge in [-0.05, 0) is 38.2 Å². The van der Waals surface area contributed by atoms with Crippen LogP contribution in [0.1, 0.15) is 38.8 Å². The molecule has 0 fully saturated rings. The zero-order valence-electron chi connectivity index (χ0n) is 10.5. The molecule has 0 aliphatic rings. The quantitative estimate of drug-likeness (QED) is 0.804. The SMILES string of the molecule is Cc1cccc(CC(C)(C)C(C)(C)O)c1. The highest BCUT2D eigenvalue weighted by Crippen LogP contribution is 2.33. The van der Waals surface area contributed by atoms with E-state index in [9.17, 15) is 5.11 Å². The summed E-state index contributed by atoms with van der Waals surface area (Å²) in [5, 5.41) is 10.1. The Morgan fingerprint density at radius 1 is 1.13 bits per heavy atom. The summed E-state index contributed by atoms with van der Waals surface area (Å²) in [4.78, 5) is 0. The minimum Gasteiger partial charge on any atom is -0.390 e. The number of benzene rings is 1. The molecule has 84 valence electrons. The topological polar surface area (TPSA) is 20.2 Å². The molecule has 0 unspecified atom stereocenters. The van der Waals surface area contributed by atoms with E-state index in [1.54, 1.807) is 0 Å². The lowest BCUT2D eigenvalue weighted by Crippen LogP contribution is -2.40. The fourth-order valence-electron chi connectivity index (χ4n) is 1.55. The van der Waals surface area contributed by atoms with Crippen LogP contribution in [0.4, 0.5) is 0 Å². The fraction of sp³-hybridized carbons (Fsp3) is 0.571. The van der Waals surface area contributed by atoms with E-state index in [-0.39, 0.29) is 5.41 Å². The maximum absolute atomic E-state index is 10.1. The highest BCUT2D eigenvalue weighted by atomic mass is 16.3. The van der Waals surface area contributed by atoms with Gasteiger partial charge in [0.25, 0.3) is 0 Å². The molecule has 15 heavy (non-hydrogen) atoms. The molecule has 0 saturated carbocycles. The molecule has 1 rings (SSSR count). The summed E-state index contributed by atoms with van der Waals surface area (Å²) in [5.41, 5.74) is 1.80. The highest BCUT2D eigenvalue weighted by molar-refractivity contribution is 5.23. The predicted octanol–water partition coefficient (Wildman–Crippen LogP) is 3.33. The predicted molar refractivity (Wildman–Crippen MR) is 65.0 cm³/mol. The largest absolute Gasteiger partial charge is 0.390 e. The Labute approximate surface area is 93.1 Å². The minimum atomic E-state index is -0.656. The second-order valence-corrected chi connectivity index (χ2v) is 5.61. The van der Waals surface area contributed by atoms with Gasteiger partial charge in [0.2, 0.25) is 0 Å². The Morgan fingerprint density at radius 2 is 1.73 bits per heavy atom. The molecule has 0 bridgehead atoms. The van der Waals surface area contributed by atoms with E-state index in [2.05, 4.69) is 45.0 Å². The van der Waals surface area contributed by atoms with Crippen LogP contribution >= 0.6 is 0 Å². The molecule has 0 aliphatic heterocycles. The Kier molecular flexibility index (Phi) is 3.25. The fourth-order valence-corrected chi connectivity index (χ4v) is 1.55. The van der Waals surface area contributed by atoms with Crippen molar-refractivity contribution < 1.29 is 5.11 Å². The Morgan fingerprint density at radius 3 is 2.20 bits per heavy atom. The van der Waals surface area contributed by atoms with Gasteiger partial charge in [0.15, 0.2) is 0 Å². The zero-order chi connectivity index (χ0) is 11.7. The van der Waals surface area contributed by atoms with Crippen molar-refractivity contribution in [3.8, 4) is 0 Å². The van der Waals surface area contributed by atoms with Gasteiger partial charge in [-0.2, -0.15) is 0 Å². The smallest absolute Gasteiger partial charge is 0.0645 e. The summed E-state index contributed by atoms with van der Waals surface area (Å²) in [5.74, 6) is 0. The normalized spacial score (nSPS) is 12.9. The average Bonchev–Trinajstić information content (AvgIpc) is 2.00. The van der Waals surface area contributed by atoms with Crippen LogP contribution in [0.3, 0.4) is 0 Å². The maximum Gasteiger partial charge on any atom is 0.0645 e. The Bertz CT molecular complexity index is 331. The van der Waals surface area contributed by atoms with Gasteiger partial charge < -0.3 is 5.11 Å². The third kappa shape index (κ3) is 3.07. The van der Waals surface area contributed by atoms with Crippen LogP contribution in [0.25, 0.3) is 0 Å². The molecule has 0 aliphatic carbocycles. The van der Waals surface area contributed by atoms with Crippen molar-refractivity contribution in [2.45, 2.75) is 46.6 Å². The van der Waals surface area contributed by atoms with Crippen LogP contribution < -0.4 is 0 Å². The van der Waals surface area contributed by atoms with Gasteiger partial charge in [-0.1, -0.05) is 43.7 Å². The standard InChI is InChI=1S/C14H22O/c1-11-7-6-8-12(9-11)10-13(2,3)14(4,5)15/h6-9,15H,10H2,1-5H3. The minimum absolute atomic E-state index is 0.110. The molecule has 1 N–H and O–H groups in total. The number of aliphatic hydroxyl groups is 1. The van der Waals surface area contributed by atoms with Crippen molar-refractivity contribution in [1.29, 1.82) is 0 Å². The van der Waals surface area contributed by atoms with Gasteiger partial charge in [-0.3, -0.25) is 0 Å².